The minimum absolute atomic E-state index is 0.281. The average Bonchev–Trinajstić information content (AvgIpc) is 2.37. The lowest BCUT2D eigenvalue weighted by molar-refractivity contribution is 0.397. The third-order valence-corrected chi connectivity index (χ3v) is 4.11. The Balaban J connectivity index is 2.03. The van der Waals surface area contributed by atoms with E-state index in [-0.39, 0.29) is 5.92 Å². The summed E-state index contributed by atoms with van der Waals surface area (Å²) in [6.07, 6.45) is 4.31. The largest absolute Gasteiger partial charge is 0.382 e. The molecule has 2 rings (SSSR count). The van der Waals surface area contributed by atoms with Gasteiger partial charge in [-0.05, 0) is 69.2 Å². The van der Waals surface area contributed by atoms with Gasteiger partial charge in [-0.15, -0.1) is 0 Å². The van der Waals surface area contributed by atoms with Crippen molar-refractivity contribution in [3.63, 3.8) is 0 Å². The van der Waals surface area contributed by atoms with Crippen LogP contribution in [-0.4, -0.2) is 6.04 Å². The molecule has 1 saturated carbocycles. The van der Waals surface area contributed by atoms with Gasteiger partial charge in [-0.25, -0.2) is 0 Å². The number of nitriles is 1. The maximum absolute atomic E-state index is 8.91. The monoisotopic (exact) mass is 242 g/mol. The van der Waals surface area contributed by atoms with Crippen molar-refractivity contribution >= 4 is 5.69 Å². The number of nitrogens with zero attached hydrogens (tertiary/aromatic N) is 1. The molecule has 0 heterocycles. The van der Waals surface area contributed by atoms with Crippen molar-refractivity contribution in [2.45, 2.75) is 52.5 Å². The van der Waals surface area contributed by atoms with Crippen molar-refractivity contribution in [2.75, 3.05) is 5.32 Å². The van der Waals surface area contributed by atoms with Gasteiger partial charge < -0.3 is 5.32 Å². The molecule has 0 spiro atoms. The van der Waals surface area contributed by atoms with E-state index < -0.39 is 0 Å². The molecule has 2 heteroatoms. The van der Waals surface area contributed by atoms with Crippen LogP contribution in [0.3, 0.4) is 0 Å². The van der Waals surface area contributed by atoms with Gasteiger partial charge in [0.25, 0.3) is 0 Å². The quantitative estimate of drug-likeness (QED) is 0.847. The summed E-state index contributed by atoms with van der Waals surface area (Å²) in [5.74, 6) is 0.281. The maximum Gasteiger partial charge on any atom is 0.0655 e. The zero-order valence-corrected chi connectivity index (χ0v) is 11.6. The Morgan fingerprint density at radius 3 is 2.22 bits per heavy atom. The predicted molar refractivity (Wildman–Crippen MR) is 75.6 cm³/mol. The fourth-order valence-electron chi connectivity index (χ4n) is 2.70. The van der Waals surface area contributed by atoms with E-state index in [0.29, 0.717) is 6.04 Å². The molecule has 18 heavy (non-hydrogen) atoms. The van der Waals surface area contributed by atoms with E-state index in [1.165, 1.54) is 22.4 Å². The molecule has 1 aromatic carbocycles. The highest BCUT2D eigenvalue weighted by Gasteiger charge is 2.20. The molecule has 0 unspecified atom stereocenters. The third-order valence-electron chi connectivity index (χ3n) is 4.11. The van der Waals surface area contributed by atoms with Crippen LogP contribution in [0.4, 0.5) is 5.69 Å². The fraction of sp³-hybridized carbons (Fsp3) is 0.562. The number of anilines is 1. The minimum atomic E-state index is 0.281. The number of benzene rings is 1. The van der Waals surface area contributed by atoms with Gasteiger partial charge in [-0.2, -0.15) is 5.26 Å². The van der Waals surface area contributed by atoms with Crippen molar-refractivity contribution in [3.05, 3.63) is 28.8 Å². The van der Waals surface area contributed by atoms with Gasteiger partial charge in [0.15, 0.2) is 0 Å². The second-order valence-electron chi connectivity index (χ2n) is 5.57. The Labute approximate surface area is 110 Å². The number of nitrogens with one attached hydrogen (secondary N) is 1. The van der Waals surface area contributed by atoms with Gasteiger partial charge in [0.05, 0.1) is 6.07 Å². The summed E-state index contributed by atoms with van der Waals surface area (Å²) in [5.41, 5.74) is 5.28. The van der Waals surface area contributed by atoms with Crippen LogP contribution >= 0.6 is 0 Å². The van der Waals surface area contributed by atoms with Gasteiger partial charge in [0, 0.05) is 17.6 Å². The second-order valence-corrected chi connectivity index (χ2v) is 5.57. The van der Waals surface area contributed by atoms with E-state index in [0.717, 1.165) is 25.7 Å². The number of hydrogen-bond donors (Lipinski definition) is 1. The number of hydrogen-bond acceptors (Lipinski definition) is 2. The van der Waals surface area contributed by atoms with Gasteiger partial charge in [0.1, 0.15) is 0 Å². The first kappa shape index (κ1) is 13.0. The van der Waals surface area contributed by atoms with Crippen molar-refractivity contribution in [1.82, 2.24) is 0 Å². The molecule has 0 radical (unpaired) electrons. The average molecular weight is 242 g/mol. The van der Waals surface area contributed by atoms with E-state index in [2.05, 4.69) is 44.3 Å². The van der Waals surface area contributed by atoms with Gasteiger partial charge in [0.2, 0.25) is 0 Å². The molecular formula is C16H22N2. The molecular weight excluding hydrogens is 220 g/mol. The highest BCUT2D eigenvalue weighted by Crippen LogP contribution is 2.28. The smallest absolute Gasteiger partial charge is 0.0655 e. The van der Waals surface area contributed by atoms with Crippen LogP contribution in [0.15, 0.2) is 12.1 Å². The molecule has 0 aromatic heterocycles. The summed E-state index contributed by atoms with van der Waals surface area (Å²) in [5, 5.41) is 12.6. The van der Waals surface area contributed by atoms with E-state index in [9.17, 15) is 0 Å². The molecule has 0 aliphatic heterocycles. The molecule has 1 aliphatic rings. The summed E-state index contributed by atoms with van der Waals surface area (Å²) in [6, 6.07) is 7.43. The molecule has 1 fully saturated rings. The summed E-state index contributed by atoms with van der Waals surface area (Å²) < 4.78 is 0. The Hall–Kier alpha value is -1.49. The lowest BCUT2D eigenvalue weighted by atomic mass is 9.87. The van der Waals surface area contributed by atoms with Gasteiger partial charge in [-0.1, -0.05) is 6.07 Å². The van der Waals surface area contributed by atoms with E-state index >= 15 is 0 Å². The summed E-state index contributed by atoms with van der Waals surface area (Å²) in [6.45, 7) is 6.48. The third kappa shape index (κ3) is 2.85. The van der Waals surface area contributed by atoms with Crippen molar-refractivity contribution in [2.24, 2.45) is 5.92 Å². The molecule has 0 atom stereocenters. The van der Waals surface area contributed by atoms with Crippen molar-refractivity contribution in [3.8, 4) is 6.07 Å². The van der Waals surface area contributed by atoms with Crippen molar-refractivity contribution in [1.29, 1.82) is 5.26 Å². The molecule has 0 amide bonds. The SMILES string of the molecule is Cc1cc(C)c(NC2CCC(C#N)CC2)cc1C. The molecule has 0 saturated heterocycles. The van der Waals surface area contributed by atoms with Crippen LogP contribution in [0.5, 0.6) is 0 Å². The number of rotatable bonds is 2. The Bertz CT molecular complexity index is 463. The lowest BCUT2D eigenvalue weighted by Gasteiger charge is -2.27. The predicted octanol–water partition coefficient (Wildman–Crippen LogP) is 4.11. The zero-order valence-electron chi connectivity index (χ0n) is 11.6. The van der Waals surface area contributed by atoms with Crippen LogP contribution in [0.1, 0.15) is 42.4 Å². The number of aryl methyl sites for hydroxylation is 3. The first-order chi connectivity index (χ1) is 8.60. The first-order valence-electron chi connectivity index (χ1n) is 6.84. The highest BCUT2D eigenvalue weighted by atomic mass is 14.9. The molecule has 1 N–H and O–H groups in total. The van der Waals surface area contributed by atoms with E-state index in [4.69, 9.17) is 5.26 Å². The van der Waals surface area contributed by atoms with Crippen LogP contribution in [0.2, 0.25) is 0 Å². The second kappa shape index (κ2) is 5.44. The standard InChI is InChI=1S/C16H22N2/c1-11-8-13(3)16(9-12(11)2)18-15-6-4-14(10-17)5-7-15/h8-9,14-15,18H,4-7H2,1-3H3. The summed E-state index contributed by atoms with van der Waals surface area (Å²) in [4.78, 5) is 0. The van der Waals surface area contributed by atoms with Crippen molar-refractivity contribution < 1.29 is 0 Å². The Morgan fingerprint density at radius 1 is 1.00 bits per heavy atom. The summed E-state index contributed by atoms with van der Waals surface area (Å²) >= 11 is 0. The molecule has 96 valence electrons. The maximum atomic E-state index is 8.91. The van der Waals surface area contributed by atoms with Crippen LogP contribution < -0.4 is 5.32 Å². The molecule has 0 bridgehead atoms. The van der Waals surface area contributed by atoms with Crippen LogP contribution in [0, 0.1) is 38.0 Å². The topological polar surface area (TPSA) is 35.8 Å². The van der Waals surface area contributed by atoms with E-state index in [1.54, 1.807) is 0 Å². The van der Waals surface area contributed by atoms with E-state index in [1.807, 2.05) is 0 Å². The van der Waals surface area contributed by atoms with Crippen LogP contribution in [0.25, 0.3) is 0 Å². The highest BCUT2D eigenvalue weighted by molar-refractivity contribution is 5.55. The fourth-order valence-corrected chi connectivity index (χ4v) is 2.70. The zero-order chi connectivity index (χ0) is 13.1. The molecule has 1 aromatic rings. The van der Waals surface area contributed by atoms with Gasteiger partial charge >= 0.3 is 0 Å². The Morgan fingerprint density at radius 2 is 1.61 bits per heavy atom. The summed E-state index contributed by atoms with van der Waals surface area (Å²) in [7, 11) is 0. The van der Waals surface area contributed by atoms with Crippen LogP contribution in [-0.2, 0) is 0 Å². The lowest BCUT2D eigenvalue weighted by Crippen LogP contribution is -2.26. The first-order valence-corrected chi connectivity index (χ1v) is 6.84. The minimum Gasteiger partial charge on any atom is -0.382 e. The van der Waals surface area contributed by atoms with Gasteiger partial charge in [-0.3, -0.25) is 0 Å². The molecule has 1 aliphatic carbocycles. The Kier molecular flexibility index (Phi) is 3.91. The normalized spacial score (nSPS) is 23.4. The molecule has 2 nitrogen and oxygen atoms in total.